The van der Waals surface area contributed by atoms with Crippen LogP contribution in [0.3, 0.4) is 0 Å². The highest BCUT2D eigenvalue weighted by Crippen LogP contribution is 2.27. The maximum Gasteiger partial charge on any atom is 0.157 e. The molecule has 0 bridgehead atoms. The Balaban J connectivity index is 1.93. The second-order valence-electron chi connectivity index (χ2n) is 5.88. The molecular formula is C20H20N4. The van der Waals surface area contributed by atoms with E-state index in [9.17, 15) is 0 Å². The quantitative estimate of drug-likeness (QED) is 0.601. The number of rotatable bonds is 4. The average Bonchev–Trinajstić information content (AvgIpc) is 3.26. The zero-order valence-corrected chi connectivity index (χ0v) is 14.0. The first kappa shape index (κ1) is 14.7. The van der Waals surface area contributed by atoms with Gasteiger partial charge in [0, 0.05) is 0 Å². The molecule has 2 aromatic carbocycles. The van der Waals surface area contributed by atoms with Crippen molar-refractivity contribution in [2.75, 3.05) is 0 Å². The molecule has 0 unspecified atom stereocenters. The van der Waals surface area contributed by atoms with Gasteiger partial charge in [-0.3, -0.25) is 4.57 Å². The zero-order chi connectivity index (χ0) is 16.5. The largest absolute Gasteiger partial charge is 0.337 e. The van der Waals surface area contributed by atoms with Gasteiger partial charge in [-0.2, -0.15) is 0 Å². The highest BCUT2D eigenvalue weighted by molar-refractivity contribution is 5.79. The van der Waals surface area contributed by atoms with Gasteiger partial charge in [0.25, 0.3) is 0 Å². The van der Waals surface area contributed by atoms with E-state index in [1.807, 2.05) is 36.8 Å². The van der Waals surface area contributed by atoms with Gasteiger partial charge in [0.2, 0.25) is 0 Å². The van der Waals surface area contributed by atoms with Gasteiger partial charge in [-0.1, -0.05) is 44.2 Å². The van der Waals surface area contributed by atoms with Crippen LogP contribution in [0.15, 0.2) is 55.0 Å². The van der Waals surface area contributed by atoms with Crippen molar-refractivity contribution in [3.8, 4) is 17.2 Å². The van der Waals surface area contributed by atoms with E-state index in [0.29, 0.717) is 0 Å². The van der Waals surface area contributed by atoms with Gasteiger partial charge < -0.3 is 4.98 Å². The molecule has 0 amide bonds. The summed E-state index contributed by atoms with van der Waals surface area (Å²) in [5.74, 6) is 0.849. The Morgan fingerprint density at radius 1 is 0.958 bits per heavy atom. The summed E-state index contributed by atoms with van der Waals surface area (Å²) in [5.41, 5.74) is 6.88. The van der Waals surface area contributed by atoms with Gasteiger partial charge in [0.05, 0.1) is 29.2 Å². The predicted molar refractivity (Wildman–Crippen MR) is 97.4 cm³/mol. The van der Waals surface area contributed by atoms with Gasteiger partial charge in [-0.25, -0.2) is 9.97 Å². The molecule has 24 heavy (non-hydrogen) atoms. The lowest BCUT2D eigenvalue weighted by molar-refractivity contribution is 0.961. The second-order valence-corrected chi connectivity index (χ2v) is 5.88. The molecule has 0 saturated heterocycles. The highest BCUT2D eigenvalue weighted by Gasteiger charge is 2.15. The number of hydrogen-bond donors (Lipinski definition) is 1. The smallest absolute Gasteiger partial charge is 0.157 e. The van der Waals surface area contributed by atoms with E-state index < -0.39 is 0 Å². The fourth-order valence-corrected chi connectivity index (χ4v) is 3.25. The number of aromatic nitrogens is 4. The Morgan fingerprint density at radius 3 is 2.42 bits per heavy atom. The molecule has 0 saturated carbocycles. The Bertz CT molecular complexity index is 938. The van der Waals surface area contributed by atoms with Crippen molar-refractivity contribution in [2.24, 2.45) is 0 Å². The third kappa shape index (κ3) is 2.31. The van der Waals surface area contributed by atoms with Gasteiger partial charge in [0.1, 0.15) is 5.69 Å². The molecule has 0 aliphatic heterocycles. The molecule has 0 spiro atoms. The molecular weight excluding hydrogens is 296 g/mol. The third-order valence-electron chi connectivity index (χ3n) is 4.48. The Labute approximate surface area is 141 Å². The van der Waals surface area contributed by atoms with Crippen LogP contribution in [0.2, 0.25) is 0 Å². The van der Waals surface area contributed by atoms with Crippen LogP contribution >= 0.6 is 0 Å². The Hall–Kier alpha value is -2.88. The number of para-hydroxylation sites is 3. The van der Waals surface area contributed by atoms with Crippen molar-refractivity contribution in [3.05, 3.63) is 66.1 Å². The van der Waals surface area contributed by atoms with E-state index >= 15 is 0 Å². The minimum atomic E-state index is 0.849. The molecule has 1 N–H and O–H groups in total. The summed E-state index contributed by atoms with van der Waals surface area (Å²) in [7, 11) is 0. The van der Waals surface area contributed by atoms with Crippen molar-refractivity contribution >= 4 is 11.0 Å². The summed E-state index contributed by atoms with van der Waals surface area (Å²) in [6.07, 6.45) is 5.74. The SMILES string of the molecule is CCc1cccc(CC)c1-n1cncc1-c1nc2ccccc2[nH]1. The molecule has 0 fully saturated rings. The number of aromatic amines is 1. The average molecular weight is 316 g/mol. The Morgan fingerprint density at radius 2 is 1.71 bits per heavy atom. The minimum Gasteiger partial charge on any atom is -0.337 e. The Kier molecular flexibility index (Phi) is 3.65. The summed E-state index contributed by atoms with van der Waals surface area (Å²) in [4.78, 5) is 12.5. The zero-order valence-electron chi connectivity index (χ0n) is 14.0. The highest BCUT2D eigenvalue weighted by atomic mass is 15.1. The number of nitrogens with one attached hydrogen (secondary N) is 1. The van der Waals surface area contributed by atoms with Crippen molar-refractivity contribution in [1.82, 2.24) is 19.5 Å². The number of fused-ring (bicyclic) bond motifs is 1. The summed E-state index contributed by atoms with van der Waals surface area (Å²) >= 11 is 0. The molecule has 4 aromatic rings. The second kappa shape index (κ2) is 5.96. The molecule has 0 aliphatic rings. The number of imidazole rings is 2. The van der Waals surface area contributed by atoms with E-state index in [1.165, 1.54) is 16.8 Å². The van der Waals surface area contributed by atoms with Crippen molar-refractivity contribution in [2.45, 2.75) is 26.7 Å². The van der Waals surface area contributed by atoms with Crippen LogP contribution in [0.5, 0.6) is 0 Å². The summed E-state index contributed by atoms with van der Waals surface area (Å²) in [6.45, 7) is 4.38. The lowest BCUT2D eigenvalue weighted by atomic mass is 10.0. The van der Waals surface area contributed by atoms with E-state index in [4.69, 9.17) is 4.98 Å². The number of nitrogens with zero attached hydrogens (tertiary/aromatic N) is 3. The lowest BCUT2D eigenvalue weighted by Gasteiger charge is -2.15. The molecule has 2 aromatic heterocycles. The van der Waals surface area contributed by atoms with E-state index in [-0.39, 0.29) is 0 Å². The predicted octanol–water partition coefficient (Wildman–Crippen LogP) is 4.54. The first-order valence-electron chi connectivity index (χ1n) is 8.40. The molecule has 4 heteroatoms. The van der Waals surface area contributed by atoms with Gasteiger partial charge in [-0.05, 0) is 36.1 Å². The molecule has 0 atom stereocenters. The maximum atomic E-state index is 4.74. The number of benzene rings is 2. The van der Waals surface area contributed by atoms with E-state index in [0.717, 1.165) is 35.4 Å². The van der Waals surface area contributed by atoms with Crippen molar-refractivity contribution in [3.63, 3.8) is 0 Å². The molecule has 120 valence electrons. The fourth-order valence-electron chi connectivity index (χ4n) is 3.25. The van der Waals surface area contributed by atoms with Crippen LogP contribution in [-0.4, -0.2) is 19.5 Å². The van der Waals surface area contributed by atoms with Crippen molar-refractivity contribution < 1.29 is 0 Å². The van der Waals surface area contributed by atoms with Crippen LogP contribution in [0.4, 0.5) is 0 Å². The van der Waals surface area contributed by atoms with Crippen LogP contribution in [-0.2, 0) is 12.8 Å². The van der Waals surface area contributed by atoms with Gasteiger partial charge in [-0.15, -0.1) is 0 Å². The fraction of sp³-hybridized carbons (Fsp3) is 0.200. The van der Waals surface area contributed by atoms with Crippen LogP contribution in [0.1, 0.15) is 25.0 Å². The molecule has 2 heterocycles. The molecule has 4 rings (SSSR count). The molecule has 0 radical (unpaired) electrons. The number of H-pyrrole nitrogens is 1. The number of hydrogen-bond acceptors (Lipinski definition) is 2. The monoisotopic (exact) mass is 316 g/mol. The summed E-state index contributed by atoms with van der Waals surface area (Å²) < 4.78 is 2.16. The normalized spacial score (nSPS) is 11.2. The van der Waals surface area contributed by atoms with Crippen LogP contribution in [0, 0.1) is 0 Å². The standard InChI is InChI=1S/C20H20N4/c1-3-14-8-7-9-15(4-2)19(14)24-13-21-12-18(24)20-22-16-10-5-6-11-17(16)23-20/h5-13H,3-4H2,1-2H3,(H,22,23). The van der Waals surface area contributed by atoms with Gasteiger partial charge in [0.15, 0.2) is 5.82 Å². The lowest BCUT2D eigenvalue weighted by Crippen LogP contribution is -2.04. The topological polar surface area (TPSA) is 46.5 Å². The summed E-state index contributed by atoms with van der Waals surface area (Å²) in [6, 6.07) is 14.6. The van der Waals surface area contributed by atoms with Crippen molar-refractivity contribution in [1.29, 1.82) is 0 Å². The maximum absolute atomic E-state index is 4.74. The summed E-state index contributed by atoms with van der Waals surface area (Å²) in [5, 5.41) is 0. The van der Waals surface area contributed by atoms with E-state index in [1.54, 1.807) is 0 Å². The van der Waals surface area contributed by atoms with Crippen LogP contribution in [0.25, 0.3) is 28.2 Å². The first-order valence-corrected chi connectivity index (χ1v) is 8.40. The number of aryl methyl sites for hydroxylation is 2. The minimum absolute atomic E-state index is 0.849. The van der Waals surface area contributed by atoms with Gasteiger partial charge >= 0.3 is 0 Å². The molecule has 0 aliphatic carbocycles. The first-order chi connectivity index (χ1) is 11.8. The van der Waals surface area contributed by atoms with Crippen LogP contribution < -0.4 is 0 Å². The third-order valence-corrected chi connectivity index (χ3v) is 4.48. The molecule has 4 nitrogen and oxygen atoms in total. The van der Waals surface area contributed by atoms with E-state index in [2.05, 4.69) is 46.6 Å².